The lowest BCUT2D eigenvalue weighted by atomic mass is 9.97. The Hall–Kier alpha value is -2.29. The van der Waals surface area contributed by atoms with E-state index in [1.807, 2.05) is 36.3 Å². The van der Waals surface area contributed by atoms with Gasteiger partial charge in [-0.05, 0) is 59.1 Å². The van der Waals surface area contributed by atoms with Gasteiger partial charge in [-0.1, -0.05) is 11.8 Å². The highest BCUT2D eigenvalue weighted by Gasteiger charge is 2.33. The fraction of sp³-hybridized carbons (Fsp3) is 0.600. The zero-order valence-corrected chi connectivity index (χ0v) is 18.1. The molecule has 0 radical (unpaired) electrons. The zero-order chi connectivity index (χ0) is 21.0. The lowest BCUT2D eigenvalue weighted by molar-refractivity contribution is -0.160. The molecule has 0 aliphatic carbocycles. The van der Waals surface area contributed by atoms with Crippen LogP contribution in [0, 0.1) is 0 Å². The van der Waals surface area contributed by atoms with Crippen LogP contribution in [0.15, 0.2) is 28.0 Å². The smallest absolute Gasteiger partial charge is 0.317 e. The van der Waals surface area contributed by atoms with Crippen molar-refractivity contribution in [3.05, 3.63) is 18.4 Å². The minimum absolute atomic E-state index is 0.0546. The minimum Gasteiger partial charge on any atom is -0.461 e. The third-order valence-corrected chi connectivity index (χ3v) is 6.14. The van der Waals surface area contributed by atoms with Crippen molar-refractivity contribution in [2.24, 2.45) is 0 Å². The van der Waals surface area contributed by atoms with Crippen LogP contribution in [-0.4, -0.2) is 55.5 Å². The summed E-state index contributed by atoms with van der Waals surface area (Å²) in [7, 11) is 0. The molecule has 1 saturated heterocycles. The molecule has 0 N–H and O–H groups in total. The van der Waals surface area contributed by atoms with Gasteiger partial charge in [-0.25, -0.2) is 0 Å². The van der Waals surface area contributed by atoms with Gasteiger partial charge < -0.3 is 14.1 Å². The maximum Gasteiger partial charge on any atom is 0.317 e. The molecule has 8 nitrogen and oxygen atoms in total. The number of thioether (sulfide) groups is 1. The normalized spacial score (nSPS) is 20.5. The van der Waals surface area contributed by atoms with Crippen molar-refractivity contribution >= 4 is 23.6 Å². The second-order valence-electron chi connectivity index (χ2n) is 7.32. The Morgan fingerprint density at radius 2 is 2.03 bits per heavy atom. The average molecular weight is 421 g/mol. The predicted octanol–water partition coefficient (Wildman–Crippen LogP) is 3.37. The summed E-state index contributed by atoms with van der Waals surface area (Å²) in [5.74, 6) is 0.722. The number of carbonyl (C=O) groups excluding carboxylic acids is 2. The first kappa shape index (κ1) is 21.4. The van der Waals surface area contributed by atoms with Crippen LogP contribution in [0.25, 0.3) is 11.6 Å². The fourth-order valence-corrected chi connectivity index (χ4v) is 4.52. The first-order chi connectivity index (χ1) is 13.9. The summed E-state index contributed by atoms with van der Waals surface area (Å²) in [5.41, 5.74) is 0. The van der Waals surface area contributed by atoms with Crippen molar-refractivity contribution in [3.63, 3.8) is 0 Å². The van der Waals surface area contributed by atoms with E-state index in [4.69, 9.17) is 9.15 Å². The molecule has 158 valence electrons. The minimum atomic E-state index is -0.797. The van der Waals surface area contributed by atoms with E-state index in [-0.39, 0.29) is 23.7 Å². The number of furan rings is 1. The Morgan fingerprint density at radius 3 is 2.66 bits per heavy atom. The molecule has 1 aliphatic rings. The van der Waals surface area contributed by atoms with Crippen LogP contribution in [-0.2, 0) is 20.9 Å². The van der Waals surface area contributed by atoms with E-state index < -0.39 is 12.1 Å². The third-order valence-electron chi connectivity index (χ3n) is 5.20. The van der Waals surface area contributed by atoms with E-state index in [0.29, 0.717) is 23.3 Å². The van der Waals surface area contributed by atoms with Gasteiger partial charge in [0.05, 0.1) is 12.0 Å². The monoisotopic (exact) mass is 420 g/mol. The van der Waals surface area contributed by atoms with Crippen LogP contribution < -0.4 is 0 Å². The molecule has 1 amide bonds. The SMILES string of the molecule is CCn1c(SCC(=O)O[C@@H](C)C(=O)N2[C@H](C)CCC[C@@H]2C)nnc1-c1ccco1. The van der Waals surface area contributed by atoms with Gasteiger partial charge in [0.25, 0.3) is 5.91 Å². The van der Waals surface area contributed by atoms with E-state index in [1.165, 1.54) is 11.8 Å². The van der Waals surface area contributed by atoms with Crippen LogP contribution in [0.2, 0.25) is 0 Å². The molecular formula is C20H28N4O4S. The molecule has 29 heavy (non-hydrogen) atoms. The van der Waals surface area contributed by atoms with Crippen LogP contribution >= 0.6 is 11.8 Å². The van der Waals surface area contributed by atoms with Crippen molar-refractivity contribution in [1.29, 1.82) is 0 Å². The molecule has 0 aromatic carbocycles. The van der Waals surface area contributed by atoms with Crippen LogP contribution in [0.1, 0.15) is 47.0 Å². The summed E-state index contributed by atoms with van der Waals surface area (Å²) >= 11 is 1.24. The van der Waals surface area contributed by atoms with E-state index in [2.05, 4.69) is 10.2 Å². The highest BCUT2D eigenvalue weighted by molar-refractivity contribution is 7.99. The molecule has 0 bridgehead atoms. The number of amides is 1. The third kappa shape index (κ3) is 4.83. The number of aromatic nitrogens is 3. The van der Waals surface area contributed by atoms with Crippen LogP contribution in [0.4, 0.5) is 0 Å². The molecule has 3 rings (SSSR count). The number of hydrogen-bond acceptors (Lipinski definition) is 7. The summed E-state index contributed by atoms with van der Waals surface area (Å²) < 4.78 is 12.7. The quantitative estimate of drug-likeness (QED) is 0.501. The van der Waals surface area contributed by atoms with Gasteiger partial charge in [-0.15, -0.1) is 10.2 Å². The lowest BCUT2D eigenvalue weighted by Crippen LogP contribution is -2.51. The van der Waals surface area contributed by atoms with Gasteiger partial charge in [-0.2, -0.15) is 0 Å². The summed E-state index contributed by atoms with van der Waals surface area (Å²) in [4.78, 5) is 27.0. The molecule has 2 aromatic rings. The number of nitrogens with zero attached hydrogens (tertiary/aromatic N) is 4. The van der Waals surface area contributed by atoms with Gasteiger partial charge in [0, 0.05) is 18.6 Å². The largest absolute Gasteiger partial charge is 0.461 e. The van der Waals surface area contributed by atoms with Gasteiger partial charge in [0.1, 0.15) is 0 Å². The van der Waals surface area contributed by atoms with Gasteiger partial charge >= 0.3 is 5.97 Å². The van der Waals surface area contributed by atoms with E-state index in [1.54, 1.807) is 19.3 Å². The standard InChI is InChI=1S/C20H28N4O4S/c1-5-23-18(16-10-7-11-27-16)21-22-20(23)29-12-17(25)28-15(4)19(26)24-13(2)8-6-9-14(24)3/h7,10-11,13-15H,5-6,8-9,12H2,1-4H3/t13-,14+,15-/m0/s1. The summed E-state index contributed by atoms with van der Waals surface area (Å²) in [6.45, 7) is 8.35. The van der Waals surface area contributed by atoms with Crippen molar-refractivity contribution in [3.8, 4) is 11.6 Å². The molecular weight excluding hydrogens is 392 g/mol. The van der Waals surface area contributed by atoms with Crippen molar-refractivity contribution in [2.75, 3.05) is 5.75 Å². The number of likely N-dealkylation sites (tertiary alicyclic amines) is 1. The zero-order valence-electron chi connectivity index (χ0n) is 17.3. The number of ether oxygens (including phenoxy) is 1. The van der Waals surface area contributed by atoms with Crippen molar-refractivity contribution < 1.29 is 18.7 Å². The molecule has 1 fully saturated rings. The Kier molecular flexibility index (Phi) is 7.00. The molecule has 0 spiro atoms. The Balaban J connectivity index is 1.57. The summed E-state index contributed by atoms with van der Waals surface area (Å²) in [6.07, 6.45) is 3.87. The number of carbonyl (C=O) groups is 2. The summed E-state index contributed by atoms with van der Waals surface area (Å²) in [5, 5.41) is 8.92. The highest BCUT2D eigenvalue weighted by Crippen LogP contribution is 2.25. The first-order valence-corrected chi connectivity index (χ1v) is 11.0. The van der Waals surface area contributed by atoms with Crippen molar-refractivity contribution in [1.82, 2.24) is 19.7 Å². The average Bonchev–Trinajstić information content (AvgIpc) is 3.35. The molecule has 1 aliphatic heterocycles. The second kappa shape index (κ2) is 9.47. The number of piperidine rings is 1. The van der Waals surface area contributed by atoms with Gasteiger partial charge in [0.15, 0.2) is 22.8 Å². The second-order valence-corrected chi connectivity index (χ2v) is 8.27. The highest BCUT2D eigenvalue weighted by atomic mass is 32.2. The van der Waals surface area contributed by atoms with Crippen LogP contribution in [0.5, 0.6) is 0 Å². The summed E-state index contributed by atoms with van der Waals surface area (Å²) in [6, 6.07) is 3.95. The number of rotatable bonds is 7. The van der Waals surface area contributed by atoms with Gasteiger partial charge in [-0.3, -0.25) is 14.2 Å². The molecule has 0 unspecified atom stereocenters. The lowest BCUT2D eigenvalue weighted by Gasteiger charge is -2.40. The molecule has 9 heteroatoms. The van der Waals surface area contributed by atoms with E-state index in [0.717, 1.165) is 19.3 Å². The molecule has 2 aromatic heterocycles. The maximum atomic E-state index is 12.8. The molecule has 3 heterocycles. The predicted molar refractivity (Wildman–Crippen MR) is 109 cm³/mol. The van der Waals surface area contributed by atoms with Crippen LogP contribution in [0.3, 0.4) is 0 Å². The topological polar surface area (TPSA) is 90.5 Å². The van der Waals surface area contributed by atoms with Gasteiger partial charge in [0.2, 0.25) is 0 Å². The van der Waals surface area contributed by atoms with E-state index >= 15 is 0 Å². The Bertz CT molecular complexity index is 826. The first-order valence-electron chi connectivity index (χ1n) is 10.0. The maximum absolute atomic E-state index is 12.8. The Morgan fingerprint density at radius 1 is 1.31 bits per heavy atom. The number of hydrogen-bond donors (Lipinski definition) is 0. The van der Waals surface area contributed by atoms with Crippen molar-refractivity contribution in [2.45, 2.75) is 76.8 Å². The number of esters is 1. The fourth-order valence-electron chi connectivity index (χ4n) is 3.74. The molecule has 0 saturated carbocycles. The van der Waals surface area contributed by atoms with E-state index in [9.17, 15) is 9.59 Å². The molecule has 3 atom stereocenters. The Labute approximate surface area is 175 Å².